The molecule has 0 bridgehead atoms. The molecule has 41 heavy (non-hydrogen) atoms. The first kappa shape index (κ1) is 32.2. The second-order valence-corrected chi connectivity index (χ2v) is 12.8. The van der Waals surface area contributed by atoms with Crippen molar-refractivity contribution in [2.75, 3.05) is 30.8 Å². The van der Waals surface area contributed by atoms with Crippen molar-refractivity contribution >= 4 is 50.7 Å². The largest absolute Gasteiger partial charge is 0.497 e. The van der Waals surface area contributed by atoms with Crippen molar-refractivity contribution in [2.24, 2.45) is 5.92 Å². The van der Waals surface area contributed by atoms with Gasteiger partial charge in [-0.05, 0) is 35.7 Å². The summed E-state index contributed by atoms with van der Waals surface area (Å²) in [4.78, 5) is 29.2. The van der Waals surface area contributed by atoms with Crippen molar-refractivity contribution in [3.8, 4) is 5.75 Å². The number of amides is 2. The molecular weight excluding hydrogens is 585 g/mol. The molecule has 0 aliphatic rings. The van der Waals surface area contributed by atoms with Gasteiger partial charge in [-0.15, -0.1) is 0 Å². The summed E-state index contributed by atoms with van der Waals surface area (Å²) >= 11 is 13.0. The highest BCUT2D eigenvalue weighted by Gasteiger charge is 2.34. The molecule has 0 saturated carbocycles. The molecule has 0 fully saturated rings. The number of benzene rings is 3. The van der Waals surface area contributed by atoms with Gasteiger partial charge in [0.15, 0.2) is 0 Å². The predicted octanol–water partition coefficient (Wildman–Crippen LogP) is 5.18. The summed E-state index contributed by atoms with van der Waals surface area (Å²) in [5.41, 5.74) is 1.53. The summed E-state index contributed by atoms with van der Waals surface area (Å²) < 4.78 is 32.1. The lowest BCUT2D eigenvalue weighted by molar-refractivity contribution is -0.140. The predicted molar refractivity (Wildman–Crippen MR) is 164 cm³/mol. The van der Waals surface area contributed by atoms with Crippen LogP contribution in [0.15, 0.2) is 72.8 Å². The van der Waals surface area contributed by atoms with E-state index in [0.717, 1.165) is 16.1 Å². The zero-order valence-electron chi connectivity index (χ0n) is 23.5. The Morgan fingerprint density at radius 3 is 2.17 bits per heavy atom. The highest BCUT2D eigenvalue weighted by Crippen LogP contribution is 2.28. The molecule has 0 radical (unpaired) electrons. The number of ether oxygens (including phenoxy) is 1. The van der Waals surface area contributed by atoms with Gasteiger partial charge < -0.3 is 15.0 Å². The molecule has 1 atom stereocenters. The number of carbonyl (C=O) groups is 2. The number of nitrogens with one attached hydrogen (secondary N) is 1. The summed E-state index contributed by atoms with van der Waals surface area (Å²) in [5.74, 6) is -0.369. The molecule has 1 unspecified atom stereocenters. The van der Waals surface area contributed by atoms with Crippen molar-refractivity contribution < 1.29 is 22.7 Å². The second kappa shape index (κ2) is 14.6. The Morgan fingerprint density at radius 2 is 1.59 bits per heavy atom. The lowest BCUT2D eigenvalue weighted by Crippen LogP contribution is -2.53. The van der Waals surface area contributed by atoms with Crippen LogP contribution in [0.4, 0.5) is 5.69 Å². The molecule has 3 aromatic rings. The SMILES string of the molecule is COc1cccc(N(CC(=O)N(Cc2c(Cl)cccc2Cl)C(Cc2ccccc2)C(=O)NCC(C)C)S(C)(=O)=O)c1. The monoisotopic (exact) mass is 619 g/mol. The van der Waals surface area contributed by atoms with E-state index in [-0.39, 0.29) is 30.5 Å². The van der Waals surface area contributed by atoms with Crippen molar-refractivity contribution in [1.29, 1.82) is 0 Å². The van der Waals surface area contributed by atoms with Gasteiger partial charge in [-0.1, -0.05) is 79.5 Å². The molecule has 0 spiro atoms. The number of halogens is 2. The quantitative estimate of drug-likeness (QED) is 0.284. The highest BCUT2D eigenvalue weighted by molar-refractivity contribution is 7.92. The normalized spacial score (nSPS) is 12.1. The van der Waals surface area contributed by atoms with E-state index in [1.165, 1.54) is 18.1 Å². The molecule has 3 aromatic carbocycles. The van der Waals surface area contributed by atoms with Crippen LogP contribution in [-0.4, -0.2) is 57.6 Å². The van der Waals surface area contributed by atoms with Gasteiger partial charge in [-0.3, -0.25) is 13.9 Å². The molecule has 0 aliphatic heterocycles. The average Bonchev–Trinajstić information content (AvgIpc) is 2.93. The summed E-state index contributed by atoms with van der Waals surface area (Å²) in [6.45, 7) is 3.67. The highest BCUT2D eigenvalue weighted by atomic mass is 35.5. The summed E-state index contributed by atoms with van der Waals surface area (Å²) in [7, 11) is -2.44. The second-order valence-electron chi connectivity index (χ2n) is 10.0. The van der Waals surface area contributed by atoms with Gasteiger partial charge in [-0.25, -0.2) is 8.42 Å². The molecule has 8 nitrogen and oxygen atoms in total. The molecule has 3 rings (SSSR count). The van der Waals surface area contributed by atoms with Gasteiger partial charge in [0.25, 0.3) is 0 Å². The number of nitrogens with zero attached hydrogens (tertiary/aromatic N) is 2. The fourth-order valence-corrected chi connectivity index (χ4v) is 5.57. The maximum absolute atomic E-state index is 14.2. The van der Waals surface area contributed by atoms with Crippen molar-refractivity contribution in [2.45, 2.75) is 32.9 Å². The average molecular weight is 621 g/mol. The maximum atomic E-state index is 14.2. The van der Waals surface area contributed by atoms with Crippen LogP contribution in [0.5, 0.6) is 5.75 Å². The fraction of sp³-hybridized carbons (Fsp3) is 0.333. The maximum Gasteiger partial charge on any atom is 0.244 e. The summed E-state index contributed by atoms with van der Waals surface area (Å²) in [6.07, 6.45) is 1.21. The molecule has 0 heterocycles. The number of hydrogen-bond acceptors (Lipinski definition) is 5. The van der Waals surface area contributed by atoms with E-state index in [4.69, 9.17) is 27.9 Å². The van der Waals surface area contributed by atoms with Gasteiger partial charge in [0.2, 0.25) is 21.8 Å². The first-order chi connectivity index (χ1) is 19.4. The van der Waals surface area contributed by atoms with E-state index in [9.17, 15) is 18.0 Å². The first-order valence-corrected chi connectivity index (χ1v) is 15.7. The minimum atomic E-state index is -3.91. The van der Waals surface area contributed by atoms with Gasteiger partial charge in [0.05, 0.1) is 19.1 Å². The van der Waals surface area contributed by atoms with Crippen LogP contribution in [-0.2, 0) is 32.6 Å². The molecule has 0 saturated heterocycles. The van der Waals surface area contributed by atoms with Crippen molar-refractivity contribution in [3.63, 3.8) is 0 Å². The van der Waals surface area contributed by atoms with E-state index < -0.39 is 28.5 Å². The zero-order chi connectivity index (χ0) is 30.2. The molecule has 11 heteroatoms. The lowest BCUT2D eigenvalue weighted by Gasteiger charge is -2.34. The first-order valence-electron chi connectivity index (χ1n) is 13.1. The Hall–Kier alpha value is -3.27. The van der Waals surface area contributed by atoms with Crippen molar-refractivity contribution in [1.82, 2.24) is 10.2 Å². The number of hydrogen-bond donors (Lipinski definition) is 1. The molecular formula is C30H35Cl2N3O5S. The van der Waals surface area contributed by atoms with Crippen LogP contribution in [0.25, 0.3) is 0 Å². The number of methoxy groups -OCH3 is 1. The third-order valence-corrected chi connectivity index (χ3v) is 8.22. The van der Waals surface area contributed by atoms with Crippen LogP contribution in [0.1, 0.15) is 25.0 Å². The van der Waals surface area contributed by atoms with Crippen molar-refractivity contribution in [3.05, 3.63) is 94.0 Å². The van der Waals surface area contributed by atoms with E-state index in [0.29, 0.717) is 27.9 Å². The minimum Gasteiger partial charge on any atom is -0.497 e. The Morgan fingerprint density at radius 1 is 0.951 bits per heavy atom. The number of anilines is 1. The smallest absolute Gasteiger partial charge is 0.244 e. The topological polar surface area (TPSA) is 96.0 Å². The van der Waals surface area contributed by atoms with Gasteiger partial charge in [0.1, 0.15) is 18.3 Å². The van der Waals surface area contributed by atoms with Crippen LogP contribution in [0, 0.1) is 5.92 Å². The van der Waals surface area contributed by atoms with E-state index in [1.54, 1.807) is 36.4 Å². The van der Waals surface area contributed by atoms with Crippen LogP contribution < -0.4 is 14.4 Å². The molecule has 220 valence electrons. The van der Waals surface area contributed by atoms with Crippen LogP contribution in [0.3, 0.4) is 0 Å². The Labute approximate surface area is 252 Å². The van der Waals surface area contributed by atoms with Crippen LogP contribution >= 0.6 is 23.2 Å². The van der Waals surface area contributed by atoms with E-state index in [2.05, 4.69) is 5.32 Å². The zero-order valence-corrected chi connectivity index (χ0v) is 25.8. The summed E-state index contributed by atoms with van der Waals surface area (Å²) in [5, 5.41) is 3.58. The van der Waals surface area contributed by atoms with Gasteiger partial charge in [-0.2, -0.15) is 0 Å². The fourth-order valence-electron chi connectivity index (χ4n) is 4.21. The number of sulfonamides is 1. The number of carbonyl (C=O) groups excluding carboxylic acids is 2. The van der Waals surface area contributed by atoms with E-state index in [1.807, 2.05) is 44.2 Å². The standard InChI is InChI=1S/C30H35Cl2N3O5S/c1-21(2)18-33-30(37)28(16-22-10-6-5-7-11-22)34(19-25-26(31)14-9-15-27(25)32)29(36)20-35(41(4,38)39)23-12-8-13-24(17-23)40-3/h5-15,17,21,28H,16,18-20H2,1-4H3,(H,33,37). The molecule has 0 aromatic heterocycles. The minimum absolute atomic E-state index is 0.111. The van der Waals surface area contributed by atoms with Crippen LogP contribution in [0.2, 0.25) is 10.0 Å². The Bertz CT molecular complexity index is 1430. The molecule has 0 aliphatic carbocycles. The summed E-state index contributed by atoms with van der Waals surface area (Å²) in [6, 6.07) is 19.7. The van der Waals surface area contributed by atoms with Gasteiger partial charge >= 0.3 is 0 Å². The number of rotatable bonds is 13. The third-order valence-electron chi connectivity index (χ3n) is 6.37. The van der Waals surface area contributed by atoms with Gasteiger partial charge in [0, 0.05) is 41.2 Å². The molecule has 2 amide bonds. The Kier molecular flexibility index (Phi) is 11.5. The lowest BCUT2D eigenvalue weighted by atomic mass is 10.0. The Balaban J connectivity index is 2.10. The molecule has 1 N–H and O–H groups in total. The van der Waals surface area contributed by atoms with E-state index >= 15 is 0 Å². The third kappa shape index (κ3) is 9.11.